The van der Waals surface area contributed by atoms with Crippen LogP contribution < -0.4 is 10.2 Å². The molecule has 28 heavy (non-hydrogen) atoms. The molecule has 0 aliphatic carbocycles. The standard InChI is InChI=1S/C22H35N5O/c1-8-17(5)26(22(28)23-9-2)15-19-20(16(3)4)24-27(21(19)25(6)7)18-13-11-10-12-14-18/h10-14,16-17H,8-9,15H2,1-7H3,(H,23,28)/t17-/m0/s1. The van der Waals surface area contributed by atoms with E-state index in [0.29, 0.717) is 13.1 Å². The average Bonchev–Trinajstić information content (AvgIpc) is 3.06. The second kappa shape index (κ2) is 9.62. The molecule has 0 spiro atoms. The summed E-state index contributed by atoms with van der Waals surface area (Å²) in [6, 6.07) is 10.3. The summed E-state index contributed by atoms with van der Waals surface area (Å²) in [4.78, 5) is 16.8. The third-order valence-corrected chi connectivity index (χ3v) is 5.00. The van der Waals surface area contributed by atoms with Crippen LogP contribution in [0.5, 0.6) is 0 Å². The quantitative estimate of drug-likeness (QED) is 0.733. The summed E-state index contributed by atoms with van der Waals surface area (Å²) in [5.41, 5.74) is 3.16. The zero-order valence-corrected chi connectivity index (χ0v) is 18.4. The lowest BCUT2D eigenvalue weighted by atomic mass is 10.0. The lowest BCUT2D eigenvalue weighted by Gasteiger charge is -2.30. The summed E-state index contributed by atoms with van der Waals surface area (Å²) in [6.45, 7) is 11.6. The van der Waals surface area contributed by atoms with Crippen LogP contribution in [0.4, 0.5) is 10.6 Å². The van der Waals surface area contributed by atoms with Crippen molar-refractivity contribution in [1.29, 1.82) is 0 Å². The third kappa shape index (κ3) is 4.66. The SMILES string of the molecule is CCNC(=O)N(Cc1c(C(C)C)nn(-c2ccccc2)c1N(C)C)[C@@H](C)CC. The van der Waals surface area contributed by atoms with Crippen LogP contribution in [0.1, 0.15) is 58.2 Å². The summed E-state index contributed by atoms with van der Waals surface area (Å²) in [7, 11) is 4.06. The molecule has 0 aliphatic rings. The number of rotatable bonds is 8. The first-order valence-corrected chi connectivity index (χ1v) is 10.2. The smallest absolute Gasteiger partial charge is 0.317 e. The number of para-hydroxylation sites is 1. The van der Waals surface area contributed by atoms with Crippen molar-refractivity contribution in [3.05, 3.63) is 41.6 Å². The highest BCUT2D eigenvalue weighted by molar-refractivity contribution is 5.75. The van der Waals surface area contributed by atoms with Gasteiger partial charge in [-0.25, -0.2) is 9.48 Å². The second-order valence-electron chi connectivity index (χ2n) is 7.70. The fourth-order valence-electron chi connectivity index (χ4n) is 3.35. The molecule has 2 rings (SSSR count). The molecule has 1 N–H and O–H groups in total. The number of carbonyl (C=O) groups excluding carboxylic acids is 1. The predicted octanol–water partition coefficient (Wildman–Crippen LogP) is 4.39. The minimum Gasteiger partial charge on any atom is -0.362 e. The van der Waals surface area contributed by atoms with Gasteiger partial charge in [0.05, 0.1) is 17.9 Å². The van der Waals surface area contributed by atoms with Gasteiger partial charge < -0.3 is 15.1 Å². The van der Waals surface area contributed by atoms with E-state index in [9.17, 15) is 4.79 Å². The molecule has 0 saturated carbocycles. The minimum absolute atomic E-state index is 0.0243. The molecular formula is C22H35N5O. The van der Waals surface area contributed by atoms with E-state index in [2.05, 4.69) is 50.0 Å². The van der Waals surface area contributed by atoms with Gasteiger partial charge in [0.15, 0.2) is 0 Å². The second-order valence-corrected chi connectivity index (χ2v) is 7.70. The predicted molar refractivity (Wildman–Crippen MR) is 116 cm³/mol. The van der Waals surface area contributed by atoms with Gasteiger partial charge >= 0.3 is 6.03 Å². The highest BCUT2D eigenvalue weighted by Gasteiger charge is 2.27. The van der Waals surface area contributed by atoms with Crippen molar-refractivity contribution in [2.24, 2.45) is 0 Å². The van der Waals surface area contributed by atoms with Crippen LogP contribution in [0.2, 0.25) is 0 Å². The van der Waals surface area contributed by atoms with E-state index in [4.69, 9.17) is 5.10 Å². The van der Waals surface area contributed by atoms with Gasteiger partial charge in [-0.05, 0) is 38.3 Å². The number of anilines is 1. The van der Waals surface area contributed by atoms with Crippen LogP contribution in [0.3, 0.4) is 0 Å². The summed E-state index contributed by atoms with van der Waals surface area (Å²) in [6.07, 6.45) is 0.901. The van der Waals surface area contributed by atoms with E-state index in [1.54, 1.807) is 0 Å². The van der Waals surface area contributed by atoms with Gasteiger partial charge in [0.2, 0.25) is 0 Å². The molecule has 0 unspecified atom stereocenters. The van der Waals surface area contributed by atoms with Crippen molar-refractivity contribution < 1.29 is 4.79 Å². The van der Waals surface area contributed by atoms with E-state index in [-0.39, 0.29) is 18.0 Å². The fourth-order valence-corrected chi connectivity index (χ4v) is 3.35. The molecule has 0 aliphatic heterocycles. The Kier molecular flexibility index (Phi) is 7.49. The number of urea groups is 1. The molecule has 2 aromatic rings. The summed E-state index contributed by atoms with van der Waals surface area (Å²) >= 11 is 0. The molecule has 1 aromatic carbocycles. The van der Waals surface area contributed by atoms with Gasteiger partial charge in [0.1, 0.15) is 5.82 Å². The Morgan fingerprint density at radius 3 is 2.29 bits per heavy atom. The maximum Gasteiger partial charge on any atom is 0.317 e. The van der Waals surface area contributed by atoms with Gasteiger partial charge in [-0.15, -0.1) is 0 Å². The number of aromatic nitrogens is 2. The zero-order chi connectivity index (χ0) is 20.8. The number of amides is 2. The lowest BCUT2D eigenvalue weighted by Crippen LogP contribution is -2.44. The van der Waals surface area contributed by atoms with Crippen LogP contribution in [0.15, 0.2) is 30.3 Å². The monoisotopic (exact) mass is 385 g/mol. The van der Waals surface area contributed by atoms with Gasteiger partial charge in [-0.3, -0.25) is 0 Å². The molecule has 6 nitrogen and oxygen atoms in total. The van der Waals surface area contributed by atoms with Crippen molar-refractivity contribution in [3.8, 4) is 5.69 Å². The van der Waals surface area contributed by atoms with E-state index < -0.39 is 0 Å². The Balaban J connectivity index is 2.60. The molecule has 0 radical (unpaired) electrons. The molecule has 1 atom stereocenters. The van der Waals surface area contributed by atoms with E-state index in [1.165, 1.54) is 0 Å². The van der Waals surface area contributed by atoms with Gasteiger partial charge in [0, 0.05) is 32.2 Å². The Hall–Kier alpha value is -2.50. The molecule has 0 saturated heterocycles. The largest absolute Gasteiger partial charge is 0.362 e. The first kappa shape index (κ1) is 21.8. The number of carbonyl (C=O) groups is 1. The summed E-state index contributed by atoms with van der Waals surface area (Å²) in [5, 5.41) is 7.92. The number of nitrogens with one attached hydrogen (secondary N) is 1. The van der Waals surface area contributed by atoms with Crippen LogP contribution in [-0.2, 0) is 6.54 Å². The van der Waals surface area contributed by atoms with Gasteiger partial charge in [-0.1, -0.05) is 39.0 Å². The van der Waals surface area contributed by atoms with E-state index in [1.807, 2.05) is 48.8 Å². The average molecular weight is 386 g/mol. The maximum absolute atomic E-state index is 12.8. The van der Waals surface area contributed by atoms with Crippen LogP contribution in [-0.4, -0.2) is 47.4 Å². The Morgan fingerprint density at radius 1 is 1.14 bits per heavy atom. The molecule has 0 fully saturated rings. The topological polar surface area (TPSA) is 53.4 Å². The van der Waals surface area contributed by atoms with Crippen molar-refractivity contribution in [2.75, 3.05) is 25.5 Å². The lowest BCUT2D eigenvalue weighted by molar-refractivity contribution is 0.173. The highest BCUT2D eigenvalue weighted by atomic mass is 16.2. The highest BCUT2D eigenvalue weighted by Crippen LogP contribution is 2.32. The van der Waals surface area contributed by atoms with Crippen LogP contribution in [0.25, 0.3) is 5.69 Å². The van der Waals surface area contributed by atoms with Gasteiger partial charge in [0.25, 0.3) is 0 Å². The zero-order valence-electron chi connectivity index (χ0n) is 18.4. The summed E-state index contributed by atoms with van der Waals surface area (Å²) < 4.78 is 2.00. The van der Waals surface area contributed by atoms with Crippen LogP contribution in [0, 0.1) is 0 Å². The van der Waals surface area contributed by atoms with Crippen LogP contribution >= 0.6 is 0 Å². The number of benzene rings is 1. The fraction of sp³-hybridized carbons (Fsp3) is 0.545. The summed E-state index contributed by atoms with van der Waals surface area (Å²) in [5.74, 6) is 1.28. The minimum atomic E-state index is -0.0243. The van der Waals surface area contributed by atoms with Crippen molar-refractivity contribution in [1.82, 2.24) is 20.0 Å². The number of hydrogen-bond acceptors (Lipinski definition) is 3. The third-order valence-electron chi connectivity index (χ3n) is 5.00. The van der Waals surface area contributed by atoms with E-state index >= 15 is 0 Å². The number of nitrogens with zero attached hydrogens (tertiary/aromatic N) is 4. The van der Waals surface area contributed by atoms with Crippen molar-refractivity contribution in [2.45, 2.75) is 59.5 Å². The normalized spacial score (nSPS) is 12.1. The first-order chi connectivity index (χ1) is 13.3. The molecule has 154 valence electrons. The Labute approximate surface area is 169 Å². The molecule has 2 amide bonds. The molecule has 0 bridgehead atoms. The van der Waals surface area contributed by atoms with Crippen molar-refractivity contribution >= 4 is 11.8 Å². The molecule has 1 aromatic heterocycles. The first-order valence-electron chi connectivity index (χ1n) is 10.2. The Bertz CT molecular complexity index is 767. The molecular weight excluding hydrogens is 350 g/mol. The van der Waals surface area contributed by atoms with Gasteiger partial charge in [-0.2, -0.15) is 5.10 Å². The molecule has 1 heterocycles. The molecule has 6 heteroatoms. The van der Waals surface area contributed by atoms with Crippen molar-refractivity contribution in [3.63, 3.8) is 0 Å². The van der Waals surface area contributed by atoms with E-state index in [0.717, 1.165) is 29.2 Å². The maximum atomic E-state index is 12.8. The Morgan fingerprint density at radius 2 is 1.79 bits per heavy atom. The number of hydrogen-bond donors (Lipinski definition) is 1.